The number of H-pyrrole nitrogens is 1. The number of aryl methyl sites for hydroxylation is 1. The third kappa shape index (κ3) is 3.62. The van der Waals surface area contributed by atoms with E-state index >= 15 is 0 Å². The minimum absolute atomic E-state index is 0.0185. The maximum absolute atomic E-state index is 12.0. The van der Waals surface area contributed by atoms with Crippen molar-refractivity contribution >= 4 is 26.6 Å². The summed E-state index contributed by atoms with van der Waals surface area (Å²) in [6, 6.07) is 7.52. The van der Waals surface area contributed by atoms with Crippen LogP contribution in [0.4, 0.5) is 0 Å². The summed E-state index contributed by atoms with van der Waals surface area (Å²) in [5.41, 5.74) is 1.82. The molecular formula is C17H18N4O4S. The van der Waals surface area contributed by atoms with Crippen molar-refractivity contribution in [2.24, 2.45) is 0 Å². The number of sulfone groups is 1. The highest BCUT2D eigenvalue weighted by atomic mass is 32.2. The van der Waals surface area contributed by atoms with Gasteiger partial charge in [-0.05, 0) is 23.9 Å². The zero-order chi connectivity index (χ0) is 18.1. The van der Waals surface area contributed by atoms with Crippen molar-refractivity contribution in [3.63, 3.8) is 0 Å². The third-order valence-electron chi connectivity index (χ3n) is 4.44. The summed E-state index contributed by atoms with van der Waals surface area (Å²) in [5.74, 6) is 0.792. The van der Waals surface area contributed by atoms with Crippen LogP contribution < -0.4 is 5.32 Å². The van der Waals surface area contributed by atoms with Crippen LogP contribution in [0.15, 0.2) is 35.0 Å². The van der Waals surface area contributed by atoms with Crippen molar-refractivity contribution in [3.05, 3.63) is 36.4 Å². The molecule has 0 saturated carbocycles. The third-order valence-corrected chi connectivity index (χ3v) is 6.21. The maximum atomic E-state index is 12.0. The van der Waals surface area contributed by atoms with Crippen LogP contribution >= 0.6 is 0 Å². The number of hydrogen-bond donors (Lipinski definition) is 2. The molecule has 0 spiro atoms. The molecule has 1 aliphatic rings. The first kappa shape index (κ1) is 16.8. The first-order chi connectivity index (χ1) is 12.5. The molecular weight excluding hydrogens is 356 g/mol. The molecule has 1 atom stereocenters. The van der Waals surface area contributed by atoms with Gasteiger partial charge in [0.2, 0.25) is 17.6 Å². The van der Waals surface area contributed by atoms with Crippen molar-refractivity contribution in [2.75, 3.05) is 11.5 Å². The molecule has 1 fully saturated rings. The van der Waals surface area contributed by atoms with Gasteiger partial charge in [-0.25, -0.2) is 8.42 Å². The highest BCUT2D eigenvalue weighted by Crippen LogP contribution is 2.21. The first-order valence-electron chi connectivity index (χ1n) is 8.38. The van der Waals surface area contributed by atoms with Crippen molar-refractivity contribution < 1.29 is 17.7 Å². The number of rotatable bonds is 5. The molecule has 0 radical (unpaired) electrons. The van der Waals surface area contributed by atoms with E-state index in [4.69, 9.17) is 4.52 Å². The monoisotopic (exact) mass is 374 g/mol. The standard InChI is InChI=1S/C17H18N4O4S/c22-15(19-13-6-8-26(23,24)10-13)3-4-16-20-17(21-25-16)12-2-1-11-5-7-18-14(11)9-12/h1-2,5,7,9,13,18H,3-4,6,8,10H2,(H,19,22). The molecule has 8 nitrogen and oxygen atoms in total. The normalized spacial score (nSPS) is 19.0. The Balaban J connectivity index is 1.35. The second-order valence-electron chi connectivity index (χ2n) is 6.46. The number of nitrogens with one attached hydrogen (secondary N) is 2. The van der Waals surface area contributed by atoms with E-state index in [1.165, 1.54) is 0 Å². The Morgan fingerprint density at radius 3 is 3.04 bits per heavy atom. The van der Waals surface area contributed by atoms with Crippen molar-refractivity contribution in [1.82, 2.24) is 20.4 Å². The maximum Gasteiger partial charge on any atom is 0.227 e. The SMILES string of the molecule is O=C(CCc1nc(-c2ccc3cc[nH]c3c2)no1)NC1CCS(=O)(=O)C1. The molecule has 1 aromatic carbocycles. The van der Waals surface area contributed by atoms with Gasteiger partial charge in [-0.2, -0.15) is 4.98 Å². The van der Waals surface area contributed by atoms with E-state index in [1.54, 1.807) is 0 Å². The Kier molecular flexibility index (Phi) is 4.23. The van der Waals surface area contributed by atoms with Gasteiger partial charge in [-0.1, -0.05) is 17.3 Å². The number of hydrogen-bond acceptors (Lipinski definition) is 6. The number of aromatic nitrogens is 3. The molecule has 1 amide bonds. The van der Waals surface area contributed by atoms with Gasteiger partial charge >= 0.3 is 0 Å². The molecule has 0 aliphatic carbocycles. The molecule has 1 aliphatic heterocycles. The predicted molar refractivity (Wildman–Crippen MR) is 95.1 cm³/mol. The predicted octanol–water partition coefficient (Wildman–Crippen LogP) is 1.45. The van der Waals surface area contributed by atoms with E-state index in [1.807, 2.05) is 30.5 Å². The van der Waals surface area contributed by atoms with Gasteiger partial charge in [0.15, 0.2) is 9.84 Å². The molecule has 0 bridgehead atoms. The second-order valence-corrected chi connectivity index (χ2v) is 8.69. The highest BCUT2D eigenvalue weighted by molar-refractivity contribution is 7.91. The minimum atomic E-state index is -3.01. The van der Waals surface area contributed by atoms with Crippen LogP contribution in [0.2, 0.25) is 0 Å². The van der Waals surface area contributed by atoms with Crippen molar-refractivity contribution in [1.29, 1.82) is 0 Å². The quantitative estimate of drug-likeness (QED) is 0.698. The van der Waals surface area contributed by atoms with Crippen LogP contribution in [-0.2, 0) is 21.1 Å². The van der Waals surface area contributed by atoms with E-state index in [9.17, 15) is 13.2 Å². The van der Waals surface area contributed by atoms with Gasteiger partial charge in [-0.3, -0.25) is 4.79 Å². The van der Waals surface area contributed by atoms with Gasteiger partial charge < -0.3 is 14.8 Å². The van der Waals surface area contributed by atoms with Crippen LogP contribution in [0.25, 0.3) is 22.3 Å². The Hall–Kier alpha value is -2.68. The first-order valence-corrected chi connectivity index (χ1v) is 10.2. The van der Waals surface area contributed by atoms with Crippen LogP contribution in [-0.4, -0.2) is 47.0 Å². The molecule has 3 heterocycles. The van der Waals surface area contributed by atoms with Crippen molar-refractivity contribution in [3.8, 4) is 11.4 Å². The smallest absolute Gasteiger partial charge is 0.227 e. The minimum Gasteiger partial charge on any atom is -0.361 e. The number of fused-ring (bicyclic) bond motifs is 1. The molecule has 26 heavy (non-hydrogen) atoms. The number of benzene rings is 1. The highest BCUT2D eigenvalue weighted by Gasteiger charge is 2.28. The number of nitrogens with zero attached hydrogens (tertiary/aromatic N) is 2. The van der Waals surface area contributed by atoms with E-state index in [2.05, 4.69) is 20.4 Å². The van der Waals surface area contributed by atoms with Gasteiger partial charge in [0.25, 0.3) is 0 Å². The molecule has 9 heteroatoms. The molecule has 4 rings (SSSR count). The average Bonchev–Trinajstić information content (AvgIpc) is 3.31. The molecule has 1 unspecified atom stereocenters. The summed E-state index contributed by atoms with van der Waals surface area (Å²) in [7, 11) is -3.01. The summed E-state index contributed by atoms with van der Waals surface area (Å²) >= 11 is 0. The summed E-state index contributed by atoms with van der Waals surface area (Å²) in [4.78, 5) is 19.4. The zero-order valence-corrected chi connectivity index (χ0v) is 14.8. The number of amides is 1. The summed E-state index contributed by atoms with van der Waals surface area (Å²) in [5, 5.41) is 7.82. The topological polar surface area (TPSA) is 118 Å². The van der Waals surface area contributed by atoms with Gasteiger partial charge in [0.1, 0.15) is 0 Å². The molecule has 3 aromatic rings. The van der Waals surface area contributed by atoms with E-state index in [0.29, 0.717) is 24.6 Å². The summed E-state index contributed by atoms with van der Waals surface area (Å²) in [6.45, 7) is 0. The molecule has 1 saturated heterocycles. The van der Waals surface area contributed by atoms with Crippen LogP contribution in [0, 0.1) is 0 Å². The molecule has 2 aromatic heterocycles. The largest absolute Gasteiger partial charge is 0.361 e. The summed E-state index contributed by atoms with van der Waals surface area (Å²) < 4.78 is 28.1. The summed E-state index contributed by atoms with van der Waals surface area (Å²) in [6.07, 6.45) is 2.82. The lowest BCUT2D eigenvalue weighted by molar-refractivity contribution is -0.121. The number of carbonyl (C=O) groups is 1. The lowest BCUT2D eigenvalue weighted by atomic mass is 10.1. The molecule has 2 N–H and O–H groups in total. The molecule has 136 valence electrons. The number of aromatic amines is 1. The lowest BCUT2D eigenvalue weighted by Crippen LogP contribution is -2.35. The second kappa shape index (κ2) is 6.56. The van der Waals surface area contributed by atoms with Crippen LogP contribution in [0.1, 0.15) is 18.7 Å². The fourth-order valence-corrected chi connectivity index (χ4v) is 4.76. The Bertz CT molecular complexity index is 1050. The van der Waals surface area contributed by atoms with Crippen LogP contribution in [0.5, 0.6) is 0 Å². The number of carbonyl (C=O) groups excluding carboxylic acids is 1. The lowest BCUT2D eigenvalue weighted by Gasteiger charge is -2.09. The van der Waals surface area contributed by atoms with E-state index < -0.39 is 9.84 Å². The fraction of sp³-hybridized carbons (Fsp3) is 0.353. The average molecular weight is 374 g/mol. The van der Waals surface area contributed by atoms with Gasteiger partial charge in [-0.15, -0.1) is 0 Å². The zero-order valence-electron chi connectivity index (χ0n) is 13.9. The van der Waals surface area contributed by atoms with Crippen molar-refractivity contribution in [2.45, 2.75) is 25.3 Å². The Morgan fingerprint density at radius 2 is 2.23 bits per heavy atom. The van der Waals surface area contributed by atoms with Gasteiger partial charge in [0, 0.05) is 36.2 Å². The fourth-order valence-electron chi connectivity index (χ4n) is 3.09. The Labute approximate surface area is 149 Å². The Morgan fingerprint density at radius 1 is 1.35 bits per heavy atom. The van der Waals surface area contributed by atoms with Gasteiger partial charge in [0.05, 0.1) is 11.5 Å². The van der Waals surface area contributed by atoms with E-state index in [0.717, 1.165) is 16.5 Å². The van der Waals surface area contributed by atoms with Crippen LogP contribution in [0.3, 0.4) is 0 Å². The van der Waals surface area contributed by atoms with E-state index in [-0.39, 0.29) is 29.9 Å².